The van der Waals surface area contributed by atoms with Crippen LogP contribution in [0.3, 0.4) is 0 Å². The average molecular weight is 1300 g/mol. The standard InChI is InChI=1S/C96H76F2N2/c1-10-12-21-61(5)65(9)94(67-40-36-66(11-2)37-41-67)83-26-17-13-22-75(83)79-48-44-69(53-88(79)94)99(73-42-34-63(7)92(97)57-73)71-46-50-81-77-24-15-19-28-85(77)96(90(81)55-71)86-29-20-16-25-78(86)82-51-47-72(56-91(82)96)100(74-43-35-64(8)93(98)58-74)70-45-49-80-76-23-14-18-27-84(76)95(89(80)54-70,68-38-31-59(3)32-39-68)87-52-60(4)30-33-62(87)6/h11-58H,2,10H2,1,3-9H3/b21-12-,65-61+/t94?,95-,96?/m0/s1. The lowest BCUT2D eigenvalue weighted by atomic mass is 9.66. The smallest absolute Gasteiger partial charge is 0.128 e. The van der Waals surface area contributed by atoms with Crippen molar-refractivity contribution in [3.8, 4) is 44.5 Å². The van der Waals surface area contributed by atoms with Crippen LogP contribution in [-0.4, -0.2) is 0 Å². The van der Waals surface area contributed by atoms with Crippen LogP contribution in [0, 0.1) is 46.3 Å². The molecule has 13 aromatic rings. The molecule has 13 aromatic carbocycles. The molecule has 0 saturated heterocycles. The summed E-state index contributed by atoms with van der Waals surface area (Å²) >= 11 is 0. The number of rotatable bonds is 13. The first-order valence-corrected chi connectivity index (χ1v) is 35.0. The zero-order valence-electron chi connectivity index (χ0n) is 57.8. The molecule has 0 aromatic heterocycles. The van der Waals surface area contributed by atoms with Crippen molar-refractivity contribution in [3.05, 3.63) is 409 Å². The van der Waals surface area contributed by atoms with E-state index in [-0.39, 0.29) is 11.6 Å². The normalized spacial score (nSPS) is 17.2. The lowest BCUT2D eigenvalue weighted by Crippen LogP contribution is -2.30. The third kappa shape index (κ3) is 8.98. The third-order valence-electron chi connectivity index (χ3n) is 22.6. The molecule has 0 bridgehead atoms. The van der Waals surface area contributed by atoms with Crippen LogP contribution < -0.4 is 9.80 Å². The summed E-state index contributed by atoms with van der Waals surface area (Å²) in [6, 6.07) is 99.5. The van der Waals surface area contributed by atoms with E-state index in [1.807, 2.05) is 32.1 Å². The van der Waals surface area contributed by atoms with E-state index in [0.29, 0.717) is 22.5 Å². The van der Waals surface area contributed by atoms with Crippen molar-refractivity contribution in [2.75, 3.05) is 9.80 Å². The van der Waals surface area contributed by atoms with Crippen molar-refractivity contribution in [1.82, 2.24) is 0 Å². The van der Waals surface area contributed by atoms with E-state index in [1.54, 1.807) is 12.1 Å². The van der Waals surface area contributed by atoms with Crippen LogP contribution >= 0.6 is 0 Å². The largest absolute Gasteiger partial charge is 0.310 e. The number of aryl methyl sites for hydroxylation is 5. The summed E-state index contributed by atoms with van der Waals surface area (Å²) < 4.78 is 33.5. The number of halogens is 2. The molecule has 3 atom stereocenters. The lowest BCUT2D eigenvalue weighted by molar-refractivity contribution is 0.618. The van der Waals surface area contributed by atoms with E-state index in [2.05, 4.69) is 319 Å². The molecule has 484 valence electrons. The molecule has 0 aliphatic heterocycles. The molecule has 0 saturated carbocycles. The molecule has 4 heteroatoms. The number of allylic oxidation sites excluding steroid dienone is 4. The summed E-state index contributed by atoms with van der Waals surface area (Å²) in [5, 5.41) is 0. The van der Waals surface area contributed by atoms with Gasteiger partial charge < -0.3 is 9.80 Å². The summed E-state index contributed by atoms with van der Waals surface area (Å²) in [7, 11) is 0. The van der Waals surface area contributed by atoms with Crippen molar-refractivity contribution in [2.24, 2.45) is 0 Å². The van der Waals surface area contributed by atoms with Gasteiger partial charge in [-0.3, -0.25) is 0 Å². The van der Waals surface area contributed by atoms with Crippen molar-refractivity contribution >= 4 is 40.2 Å². The highest BCUT2D eigenvalue weighted by Gasteiger charge is 2.53. The van der Waals surface area contributed by atoms with Crippen LogP contribution in [0.4, 0.5) is 42.9 Å². The maximum atomic E-state index is 16.7. The molecule has 100 heavy (non-hydrogen) atoms. The summed E-state index contributed by atoms with van der Waals surface area (Å²) in [4.78, 5) is 4.54. The highest BCUT2D eigenvalue weighted by atomic mass is 19.1. The molecular formula is C96H76F2N2. The topological polar surface area (TPSA) is 6.48 Å². The fourth-order valence-corrected chi connectivity index (χ4v) is 17.8. The second-order valence-electron chi connectivity index (χ2n) is 28.0. The Morgan fingerprint density at radius 1 is 0.350 bits per heavy atom. The van der Waals surface area contributed by atoms with Crippen molar-refractivity contribution in [2.45, 2.75) is 78.1 Å². The first kappa shape index (κ1) is 62.1. The van der Waals surface area contributed by atoms with E-state index < -0.39 is 16.2 Å². The first-order valence-electron chi connectivity index (χ1n) is 35.0. The maximum Gasteiger partial charge on any atom is 0.128 e. The van der Waals surface area contributed by atoms with Gasteiger partial charge in [0, 0.05) is 34.1 Å². The van der Waals surface area contributed by atoms with Gasteiger partial charge in [0.05, 0.1) is 16.2 Å². The number of nitrogens with zero attached hydrogens (tertiary/aromatic N) is 2. The number of benzene rings is 13. The first-order chi connectivity index (χ1) is 48.7. The molecule has 0 amide bonds. The van der Waals surface area contributed by atoms with E-state index in [9.17, 15) is 0 Å². The minimum absolute atomic E-state index is 0.277. The van der Waals surface area contributed by atoms with Gasteiger partial charge in [0.1, 0.15) is 11.6 Å². The zero-order valence-corrected chi connectivity index (χ0v) is 57.8. The third-order valence-corrected chi connectivity index (χ3v) is 22.6. The fraction of sp³-hybridized carbons (Fsp3) is 0.125. The van der Waals surface area contributed by atoms with E-state index >= 15 is 8.78 Å². The summed E-state index contributed by atoms with van der Waals surface area (Å²) in [5.41, 5.74) is 33.2. The van der Waals surface area contributed by atoms with Crippen molar-refractivity contribution < 1.29 is 8.78 Å². The molecule has 2 nitrogen and oxygen atoms in total. The van der Waals surface area contributed by atoms with Crippen LogP contribution in [0.5, 0.6) is 0 Å². The highest BCUT2D eigenvalue weighted by Crippen LogP contribution is 2.66. The maximum absolute atomic E-state index is 16.7. The average Bonchev–Trinajstić information content (AvgIpc) is 1.51. The second kappa shape index (κ2) is 23.6. The van der Waals surface area contributed by atoms with E-state index in [1.165, 1.54) is 83.5 Å². The Balaban J connectivity index is 0.900. The van der Waals surface area contributed by atoms with Gasteiger partial charge in [0.2, 0.25) is 0 Å². The molecule has 4 aliphatic carbocycles. The van der Waals surface area contributed by atoms with E-state index in [0.717, 1.165) is 84.8 Å². The molecule has 1 spiro atoms. The fourth-order valence-electron chi connectivity index (χ4n) is 17.8. The molecule has 17 rings (SSSR count). The summed E-state index contributed by atoms with van der Waals surface area (Å²) in [6.45, 7) is 21.1. The molecule has 0 heterocycles. The predicted octanol–water partition coefficient (Wildman–Crippen LogP) is 25.4. The minimum Gasteiger partial charge on any atom is -0.310 e. The van der Waals surface area contributed by atoms with Gasteiger partial charge in [-0.25, -0.2) is 8.78 Å². The zero-order chi connectivity index (χ0) is 68.5. The molecule has 0 N–H and O–H groups in total. The molecule has 0 fully saturated rings. The van der Waals surface area contributed by atoms with Gasteiger partial charge in [0.25, 0.3) is 0 Å². The van der Waals surface area contributed by atoms with Gasteiger partial charge in [-0.1, -0.05) is 254 Å². The van der Waals surface area contributed by atoms with Gasteiger partial charge in [0.15, 0.2) is 0 Å². The Bertz CT molecular complexity index is 5620. The lowest BCUT2D eigenvalue weighted by Gasteiger charge is -2.37. The van der Waals surface area contributed by atoms with Crippen LogP contribution in [0.15, 0.2) is 303 Å². The molecule has 0 radical (unpaired) electrons. The Kier molecular flexibility index (Phi) is 14.7. The number of anilines is 6. The van der Waals surface area contributed by atoms with Gasteiger partial charge in [-0.15, -0.1) is 0 Å². The SMILES string of the molecule is C=Cc1ccc(C2(/C(C)=C(C)/C=C\CC)c3ccccc3-c3ccc(N(c4ccc(C)c(F)c4)c4ccc5c(c4)C4(c6ccccc6-5)c5ccccc5-c5ccc(N(c6ccc(C)c(F)c6)c6ccc7c(c6)[C@](c6ccc(C)cc6)(c6cc(C)ccc6C)c6ccccc6-7)cc54)cc32)cc1. The molecular weight excluding hydrogens is 1220 g/mol. The van der Waals surface area contributed by atoms with Crippen LogP contribution in [0.25, 0.3) is 50.6 Å². The monoisotopic (exact) mass is 1290 g/mol. The van der Waals surface area contributed by atoms with Crippen molar-refractivity contribution in [1.29, 1.82) is 0 Å². The minimum atomic E-state index is -0.848. The Labute approximate surface area is 586 Å². The molecule has 4 aliphatic rings. The Hall–Kier alpha value is -11.5. The van der Waals surface area contributed by atoms with Gasteiger partial charge in [-0.2, -0.15) is 0 Å². The second-order valence-corrected chi connectivity index (χ2v) is 28.0. The number of fused-ring (bicyclic) bond motifs is 16. The van der Waals surface area contributed by atoms with Gasteiger partial charge >= 0.3 is 0 Å². The quantitative estimate of drug-likeness (QED) is 0.106. The van der Waals surface area contributed by atoms with Crippen molar-refractivity contribution in [3.63, 3.8) is 0 Å². The summed E-state index contributed by atoms with van der Waals surface area (Å²) in [5.74, 6) is -0.556. The van der Waals surface area contributed by atoms with Crippen LogP contribution in [0.1, 0.15) is 122 Å². The molecule has 2 unspecified atom stereocenters. The van der Waals surface area contributed by atoms with Gasteiger partial charge in [-0.05, 0) is 256 Å². The van der Waals surface area contributed by atoms with Crippen LogP contribution in [0.2, 0.25) is 0 Å². The predicted molar refractivity (Wildman–Crippen MR) is 413 cm³/mol. The summed E-state index contributed by atoms with van der Waals surface area (Å²) in [6.07, 6.45) is 7.35. The Morgan fingerprint density at radius 2 is 0.720 bits per heavy atom. The number of hydrogen-bond donors (Lipinski definition) is 0. The van der Waals surface area contributed by atoms with Crippen LogP contribution in [-0.2, 0) is 16.2 Å². The number of hydrogen-bond acceptors (Lipinski definition) is 2. The Morgan fingerprint density at radius 3 is 1.19 bits per heavy atom. The van der Waals surface area contributed by atoms with E-state index in [4.69, 9.17) is 0 Å². The highest BCUT2D eigenvalue weighted by molar-refractivity contribution is 5.99.